The zero-order chi connectivity index (χ0) is 9.27. The van der Waals surface area contributed by atoms with E-state index in [1.54, 1.807) is 0 Å². The van der Waals surface area contributed by atoms with E-state index in [0.29, 0.717) is 23.4 Å². The van der Waals surface area contributed by atoms with Crippen molar-refractivity contribution in [2.75, 3.05) is 6.61 Å². The summed E-state index contributed by atoms with van der Waals surface area (Å²) in [6.07, 6.45) is 5.76. The molecule has 0 aliphatic heterocycles. The molecule has 0 aromatic rings. The second kappa shape index (κ2) is 2.13. The highest BCUT2D eigenvalue weighted by atomic mass is 16.3. The molecule has 1 heteroatoms. The molecule has 0 bridgehead atoms. The highest BCUT2D eigenvalue weighted by Crippen LogP contribution is 2.83. The lowest BCUT2D eigenvalue weighted by Gasteiger charge is -2.19. The van der Waals surface area contributed by atoms with E-state index in [4.69, 9.17) is 0 Å². The molecule has 3 rings (SSSR count). The molecular formula is C12H20O. The van der Waals surface area contributed by atoms with Crippen molar-refractivity contribution in [3.8, 4) is 0 Å². The largest absolute Gasteiger partial charge is 0.396 e. The molecule has 13 heavy (non-hydrogen) atoms. The summed E-state index contributed by atoms with van der Waals surface area (Å²) in [6, 6.07) is 0. The molecular weight excluding hydrogens is 160 g/mol. The minimum Gasteiger partial charge on any atom is -0.396 e. The number of hydrogen-bond donors (Lipinski definition) is 1. The fourth-order valence-corrected chi connectivity index (χ4v) is 4.40. The lowest BCUT2D eigenvalue weighted by Crippen LogP contribution is -2.15. The van der Waals surface area contributed by atoms with Crippen LogP contribution in [0.25, 0.3) is 0 Å². The Morgan fingerprint density at radius 3 is 1.77 bits per heavy atom. The first-order valence-electron chi connectivity index (χ1n) is 5.76. The molecule has 3 fully saturated rings. The summed E-state index contributed by atoms with van der Waals surface area (Å²) < 4.78 is 0. The molecule has 0 amide bonds. The molecule has 0 radical (unpaired) electrons. The normalized spacial score (nSPS) is 40.4. The average Bonchev–Trinajstić information content (AvgIpc) is 2.90. The minimum absolute atomic E-state index is 0.431. The first-order chi connectivity index (χ1) is 6.15. The fraction of sp³-hybridized carbons (Fsp3) is 1.00. The van der Waals surface area contributed by atoms with Gasteiger partial charge < -0.3 is 5.11 Å². The predicted molar refractivity (Wildman–Crippen MR) is 52.2 cm³/mol. The Morgan fingerprint density at radius 2 is 1.54 bits per heavy atom. The summed E-state index contributed by atoms with van der Waals surface area (Å²) in [6.45, 7) is 5.19. The van der Waals surface area contributed by atoms with Crippen molar-refractivity contribution in [2.24, 2.45) is 28.6 Å². The van der Waals surface area contributed by atoms with Gasteiger partial charge in [-0.05, 0) is 54.3 Å². The van der Waals surface area contributed by atoms with E-state index in [2.05, 4.69) is 13.8 Å². The van der Waals surface area contributed by atoms with Gasteiger partial charge in [0, 0.05) is 6.61 Å². The predicted octanol–water partition coefficient (Wildman–Crippen LogP) is 2.44. The van der Waals surface area contributed by atoms with E-state index in [-0.39, 0.29) is 0 Å². The number of aliphatic hydroxyl groups excluding tert-OH is 1. The van der Waals surface area contributed by atoms with Crippen LogP contribution in [0.2, 0.25) is 0 Å². The quantitative estimate of drug-likeness (QED) is 0.707. The maximum Gasteiger partial charge on any atom is 0.0470 e. The van der Waals surface area contributed by atoms with Gasteiger partial charge in [-0.15, -0.1) is 0 Å². The summed E-state index contributed by atoms with van der Waals surface area (Å²) in [4.78, 5) is 0. The fourth-order valence-electron chi connectivity index (χ4n) is 4.40. The van der Waals surface area contributed by atoms with Gasteiger partial charge in [0.25, 0.3) is 0 Å². The van der Waals surface area contributed by atoms with Gasteiger partial charge in [0.2, 0.25) is 0 Å². The molecule has 0 saturated heterocycles. The first-order valence-corrected chi connectivity index (χ1v) is 5.76. The Balaban J connectivity index is 1.92. The van der Waals surface area contributed by atoms with Crippen LogP contribution in [-0.2, 0) is 0 Å². The molecule has 0 aromatic heterocycles. The summed E-state index contributed by atoms with van der Waals surface area (Å²) >= 11 is 0. The Hall–Kier alpha value is -0.0400. The van der Waals surface area contributed by atoms with Crippen molar-refractivity contribution in [1.29, 1.82) is 0 Å². The summed E-state index contributed by atoms with van der Waals surface area (Å²) in [5.41, 5.74) is 1.03. The SMILES string of the molecule is CC1(C)C(CO)C1(C1CC1)C1CC1. The van der Waals surface area contributed by atoms with Crippen LogP contribution in [0.5, 0.6) is 0 Å². The van der Waals surface area contributed by atoms with E-state index in [1.807, 2.05) is 0 Å². The van der Waals surface area contributed by atoms with Crippen LogP contribution in [0.15, 0.2) is 0 Å². The monoisotopic (exact) mass is 180 g/mol. The molecule has 0 aromatic carbocycles. The maximum absolute atomic E-state index is 9.43. The Bertz CT molecular complexity index is 224. The van der Waals surface area contributed by atoms with Gasteiger partial charge in [-0.2, -0.15) is 0 Å². The van der Waals surface area contributed by atoms with E-state index in [1.165, 1.54) is 25.7 Å². The van der Waals surface area contributed by atoms with Crippen LogP contribution in [0, 0.1) is 28.6 Å². The lowest BCUT2D eigenvalue weighted by molar-refractivity contribution is 0.225. The maximum atomic E-state index is 9.43. The molecule has 3 saturated carbocycles. The van der Waals surface area contributed by atoms with Crippen LogP contribution in [0.1, 0.15) is 39.5 Å². The van der Waals surface area contributed by atoms with Crippen LogP contribution < -0.4 is 0 Å². The zero-order valence-electron chi connectivity index (χ0n) is 8.71. The van der Waals surface area contributed by atoms with Gasteiger partial charge >= 0.3 is 0 Å². The van der Waals surface area contributed by atoms with Gasteiger partial charge in [0.05, 0.1) is 0 Å². The molecule has 1 unspecified atom stereocenters. The van der Waals surface area contributed by atoms with Crippen LogP contribution in [-0.4, -0.2) is 11.7 Å². The molecule has 74 valence electrons. The smallest absolute Gasteiger partial charge is 0.0470 e. The molecule has 1 N–H and O–H groups in total. The summed E-state index contributed by atoms with van der Waals surface area (Å²) in [5, 5.41) is 9.43. The third-order valence-corrected chi connectivity index (χ3v) is 5.17. The highest BCUT2D eigenvalue weighted by Gasteiger charge is 2.78. The third-order valence-electron chi connectivity index (χ3n) is 5.17. The molecule has 0 spiro atoms. The van der Waals surface area contributed by atoms with Crippen LogP contribution in [0.4, 0.5) is 0 Å². The van der Waals surface area contributed by atoms with E-state index >= 15 is 0 Å². The molecule has 0 heterocycles. The van der Waals surface area contributed by atoms with Crippen molar-refractivity contribution in [2.45, 2.75) is 39.5 Å². The number of hydrogen-bond acceptors (Lipinski definition) is 1. The van der Waals surface area contributed by atoms with Crippen molar-refractivity contribution >= 4 is 0 Å². The van der Waals surface area contributed by atoms with Crippen molar-refractivity contribution in [3.05, 3.63) is 0 Å². The Kier molecular flexibility index (Phi) is 1.36. The van der Waals surface area contributed by atoms with Gasteiger partial charge in [0.15, 0.2) is 0 Å². The zero-order valence-corrected chi connectivity index (χ0v) is 8.71. The van der Waals surface area contributed by atoms with Gasteiger partial charge in [0.1, 0.15) is 0 Å². The Morgan fingerprint density at radius 1 is 1.08 bits per heavy atom. The topological polar surface area (TPSA) is 20.2 Å². The van der Waals surface area contributed by atoms with E-state index < -0.39 is 0 Å². The first kappa shape index (κ1) is 8.28. The lowest BCUT2D eigenvalue weighted by atomic mass is 9.85. The van der Waals surface area contributed by atoms with Gasteiger partial charge in [-0.25, -0.2) is 0 Å². The highest BCUT2D eigenvalue weighted by molar-refractivity contribution is 5.26. The molecule has 1 atom stereocenters. The number of aliphatic hydroxyl groups is 1. The molecule has 3 aliphatic rings. The second-order valence-corrected chi connectivity index (χ2v) is 5.94. The standard InChI is InChI=1S/C12H20O/c1-11(2)10(7-13)12(11,8-3-4-8)9-5-6-9/h8-10,13H,3-7H2,1-2H3. The van der Waals surface area contributed by atoms with E-state index in [0.717, 1.165) is 11.8 Å². The average molecular weight is 180 g/mol. The van der Waals surface area contributed by atoms with Gasteiger partial charge in [-0.3, -0.25) is 0 Å². The van der Waals surface area contributed by atoms with Crippen LogP contribution in [0.3, 0.4) is 0 Å². The van der Waals surface area contributed by atoms with Crippen molar-refractivity contribution < 1.29 is 5.11 Å². The molecule has 3 aliphatic carbocycles. The van der Waals surface area contributed by atoms with Gasteiger partial charge in [-0.1, -0.05) is 13.8 Å². The third kappa shape index (κ3) is 0.782. The Labute approximate surface area is 80.5 Å². The number of rotatable bonds is 3. The van der Waals surface area contributed by atoms with Crippen molar-refractivity contribution in [1.82, 2.24) is 0 Å². The summed E-state index contributed by atoms with van der Waals surface area (Å²) in [5.74, 6) is 2.58. The second-order valence-electron chi connectivity index (χ2n) is 5.94. The van der Waals surface area contributed by atoms with E-state index in [9.17, 15) is 5.11 Å². The van der Waals surface area contributed by atoms with Crippen molar-refractivity contribution in [3.63, 3.8) is 0 Å². The molecule has 1 nitrogen and oxygen atoms in total. The minimum atomic E-state index is 0.431. The van der Waals surface area contributed by atoms with Crippen LogP contribution >= 0.6 is 0 Å². The summed E-state index contributed by atoms with van der Waals surface area (Å²) in [7, 11) is 0.